The maximum Gasteiger partial charge on any atom is 0.344 e. The number of carboxylic acids is 1. The van der Waals surface area contributed by atoms with E-state index in [9.17, 15) is 19.1 Å². The van der Waals surface area contributed by atoms with E-state index in [2.05, 4.69) is 15.0 Å². The van der Waals surface area contributed by atoms with Gasteiger partial charge >= 0.3 is 12.0 Å². The van der Waals surface area contributed by atoms with E-state index in [0.29, 0.717) is 32.6 Å². The van der Waals surface area contributed by atoms with Crippen LogP contribution < -0.4 is 15.4 Å². The second kappa shape index (κ2) is 12.9. The van der Waals surface area contributed by atoms with Gasteiger partial charge in [0.25, 0.3) is 0 Å². The van der Waals surface area contributed by atoms with Crippen LogP contribution in [-0.2, 0) is 6.61 Å². The summed E-state index contributed by atoms with van der Waals surface area (Å²) in [5.41, 5.74) is 0.691. The molecule has 0 atom stereocenters. The van der Waals surface area contributed by atoms with Crippen molar-refractivity contribution < 1.29 is 34.0 Å². The molecule has 10 nitrogen and oxygen atoms in total. The minimum Gasteiger partial charge on any atom is -0.477 e. The third kappa shape index (κ3) is 7.71. The number of aliphatic hydroxyl groups is 2. The highest BCUT2D eigenvalue weighted by molar-refractivity contribution is 7.11. The quantitative estimate of drug-likeness (QED) is 0.278. The minimum atomic E-state index is -1.34. The molecule has 2 rings (SSSR count). The van der Waals surface area contributed by atoms with Crippen LogP contribution in [0.3, 0.4) is 0 Å². The number of hydrogen-bond acceptors (Lipinski definition) is 8. The normalized spacial score (nSPS) is 10.9. The second-order valence-corrected chi connectivity index (χ2v) is 7.68. The van der Waals surface area contributed by atoms with Crippen LogP contribution in [0.4, 0.5) is 14.2 Å². The summed E-state index contributed by atoms with van der Waals surface area (Å²) in [6.45, 7) is 3.19. The molecule has 0 saturated heterocycles. The van der Waals surface area contributed by atoms with Crippen molar-refractivity contribution in [2.24, 2.45) is 0 Å². The maximum absolute atomic E-state index is 14.0. The average molecular weight is 471 g/mol. The van der Waals surface area contributed by atoms with Crippen molar-refractivity contribution in [1.82, 2.24) is 14.6 Å². The standard InChI is InChI=1S/C20H27FN4O6S/c1-13-3-4-14(15(21)11-13)12-31-17-16(19(28)29)18(32-24-17)23-20(30)22-5-2-6-25(7-9-26)8-10-27/h3-4,11,26-27H,2,5-10,12H2,1H3,(H,28,29)(H2,22,23,30). The van der Waals surface area contributed by atoms with Gasteiger partial charge in [0.2, 0.25) is 5.88 Å². The number of aliphatic hydroxyl groups excluding tert-OH is 2. The number of ether oxygens (including phenoxy) is 1. The van der Waals surface area contributed by atoms with Crippen molar-refractivity contribution in [2.75, 3.05) is 44.7 Å². The van der Waals surface area contributed by atoms with E-state index in [0.717, 1.165) is 17.1 Å². The van der Waals surface area contributed by atoms with Crippen LogP contribution in [-0.4, -0.2) is 76.0 Å². The van der Waals surface area contributed by atoms with E-state index in [-0.39, 0.29) is 41.8 Å². The fourth-order valence-electron chi connectivity index (χ4n) is 2.83. The predicted octanol–water partition coefficient (Wildman–Crippen LogP) is 1.67. The topological polar surface area (TPSA) is 144 Å². The number of hydrogen-bond donors (Lipinski definition) is 5. The smallest absolute Gasteiger partial charge is 0.344 e. The van der Waals surface area contributed by atoms with Crippen molar-refractivity contribution in [2.45, 2.75) is 20.0 Å². The van der Waals surface area contributed by atoms with Crippen LogP contribution in [0, 0.1) is 12.7 Å². The van der Waals surface area contributed by atoms with Crippen LogP contribution in [0.15, 0.2) is 18.2 Å². The van der Waals surface area contributed by atoms with Gasteiger partial charge in [0.1, 0.15) is 17.4 Å². The molecule has 0 aliphatic heterocycles. The number of benzene rings is 1. The molecule has 12 heteroatoms. The molecular weight excluding hydrogens is 443 g/mol. The van der Waals surface area contributed by atoms with Crippen LogP contribution in [0.5, 0.6) is 5.88 Å². The summed E-state index contributed by atoms with van der Waals surface area (Å²) in [5.74, 6) is -2.01. The lowest BCUT2D eigenvalue weighted by molar-refractivity contribution is 0.0693. The Morgan fingerprint density at radius 2 is 1.94 bits per heavy atom. The first kappa shape index (κ1) is 25.5. The van der Waals surface area contributed by atoms with Crippen molar-refractivity contribution in [3.8, 4) is 5.88 Å². The predicted molar refractivity (Wildman–Crippen MR) is 117 cm³/mol. The number of carbonyl (C=O) groups is 2. The molecule has 1 aromatic carbocycles. The van der Waals surface area contributed by atoms with E-state index in [1.54, 1.807) is 19.1 Å². The summed E-state index contributed by atoms with van der Waals surface area (Å²) in [4.78, 5) is 25.6. The number of amides is 2. The lowest BCUT2D eigenvalue weighted by Gasteiger charge is -2.19. The van der Waals surface area contributed by atoms with Gasteiger partial charge in [-0.15, -0.1) is 0 Å². The highest BCUT2D eigenvalue weighted by Gasteiger charge is 2.23. The van der Waals surface area contributed by atoms with Gasteiger partial charge in [0.15, 0.2) is 5.56 Å². The summed E-state index contributed by atoms with van der Waals surface area (Å²) < 4.78 is 23.3. The van der Waals surface area contributed by atoms with Crippen molar-refractivity contribution >= 4 is 28.5 Å². The van der Waals surface area contributed by atoms with Crippen molar-refractivity contribution in [3.63, 3.8) is 0 Å². The zero-order valence-electron chi connectivity index (χ0n) is 17.6. The van der Waals surface area contributed by atoms with Gasteiger partial charge in [-0.05, 0) is 43.1 Å². The lowest BCUT2D eigenvalue weighted by Crippen LogP contribution is -2.34. The van der Waals surface area contributed by atoms with Crippen LogP contribution in [0.1, 0.15) is 27.9 Å². The number of halogens is 1. The molecule has 0 unspecified atom stereocenters. The number of aromatic carboxylic acids is 1. The molecule has 0 spiro atoms. The SMILES string of the molecule is Cc1ccc(COc2nsc(NC(=O)NCCCN(CCO)CCO)c2C(=O)O)c(F)c1. The fraction of sp³-hybridized carbons (Fsp3) is 0.450. The number of nitrogens with zero attached hydrogens (tertiary/aromatic N) is 2. The number of anilines is 1. The highest BCUT2D eigenvalue weighted by Crippen LogP contribution is 2.31. The molecule has 1 heterocycles. The number of aryl methyl sites for hydroxylation is 1. The zero-order chi connectivity index (χ0) is 23.5. The first-order valence-corrected chi connectivity index (χ1v) is 10.7. The Labute approximate surface area is 188 Å². The van der Waals surface area contributed by atoms with E-state index in [1.165, 1.54) is 6.07 Å². The Morgan fingerprint density at radius 3 is 2.56 bits per heavy atom. The monoisotopic (exact) mass is 470 g/mol. The van der Waals surface area contributed by atoms with Gasteiger partial charge in [-0.1, -0.05) is 12.1 Å². The first-order chi connectivity index (χ1) is 15.3. The van der Waals surface area contributed by atoms with Crippen LogP contribution in [0.25, 0.3) is 0 Å². The van der Waals surface area contributed by atoms with Gasteiger partial charge in [-0.25, -0.2) is 14.0 Å². The van der Waals surface area contributed by atoms with Crippen molar-refractivity contribution in [1.29, 1.82) is 0 Å². The summed E-state index contributed by atoms with van der Waals surface area (Å²) >= 11 is 0.747. The maximum atomic E-state index is 14.0. The molecule has 176 valence electrons. The summed E-state index contributed by atoms with van der Waals surface area (Å²) in [5, 5.41) is 32.5. The molecule has 0 radical (unpaired) electrons. The first-order valence-electron chi connectivity index (χ1n) is 9.95. The number of aromatic nitrogens is 1. The molecule has 0 fully saturated rings. The summed E-state index contributed by atoms with van der Waals surface area (Å²) in [6, 6.07) is 4.00. The Hall–Kier alpha value is -2.80. The zero-order valence-corrected chi connectivity index (χ0v) is 18.5. The fourth-order valence-corrected chi connectivity index (χ4v) is 3.56. The summed E-state index contributed by atoms with van der Waals surface area (Å²) in [7, 11) is 0. The molecule has 0 aliphatic carbocycles. The molecule has 1 aromatic heterocycles. The Bertz CT molecular complexity index is 904. The third-order valence-electron chi connectivity index (χ3n) is 4.44. The molecule has 2 amide bonds. The summed E-state index contributed by atoms with van der Waals surface area (Å²) in [6.07, 6.45) is 0.568. The van der Waals surface area contributed by atoms with E-state index < -0.39 is 17.8 Å². The Balaban J connectivity index is 1.90. The third-order valence-corrected chi connectivity index (χ3v) is 5.19. The molecule has 0 bridgehead atoms. The molecule has 0 aliphatic rings. The Kier molecular flexibility index (Phi) is 10.3. The van der Waals surface area contributed by atoms with Gasteiger partial charge in [-0.3, -0.25) is 10.2 Å². The van der Waals surface area contributed by atoms with Gasteiger partial charge < -0.3 is 25.4 Å². The van der Waals surface area contributed by atoms with Crippen LogP contribution >= 0.6 is 11.5 Å². The molecular formula is C20H27FN4O6S. The van der Waals surface area contributed by atoms with E-state index in [4.69, 9.17) is 14.9 Å². The van der Waals surface area contributed by atoms with Crippen molar-refractivity contribution in [3.05, 3.63) is 40.7 Å². The number of carboxylic acid groups (broad SMARTS) is 1. The molecule has 0 saturated carbocycles. The Morgan fingerprint density at radius 1 is 1.22 bits per heavy atom. The largest absolute Gasteiger partial charge is 0.477 e. The number of carbonyl (C=O) groups excluding carboxylic acids is 1. The molecule has 5 N–H and O–H groups in total. The highest BCUT2D eigenvalue weighted by atomic mass is 32.1. The minimum absolute atomic E-state index is 0.00318. The molecule has 32 heavy (non-hydrogen) atoms. The van der Waals surface area contributed by atoms with Gasteiger partial charge in [0, 0.05) is 25.2 Å². The van der Waals surface area contributed by atoms with Gasteiger partial charge in [0.05, 0.1) is 13.2 Å². The number of rotatable bonds is 13. The number of nitrogens with one attached hydrogen (secondary N) is 2. The lowest BCUT2D eigenvalue weighted by atomic mass is 10.1. The average Bonchev–Trinajstić information content (AvgIpc) is 3.13. The van der Waals surface area contributed by atoms with Crippen LogP contribution in [0.2, 0.25) is 0 Å². The second-order valence-electron chi connectivity index (χ2n) is 6.90. The molecule has 2 aromatic rings. The van der Waals surface area contributed by atoms with Gasteiger partial charge in [-0.2, -0.15) is 4.37 Å². The number of urea groups is 1. The van der Waals surface area contributed by atoms with E-state index in [1.807, 2.05) is 4.90 Å². The van der Waals surface area contributed by atoms with E-state index >= 15 is 0 Å².